The third kappa shape index (κ3) is 2.24. The summed E-state index contributed by atoms with van der Waals surface area (Å²) in [6, 6.07) is 0. The minimum Gasteiger partial charge on any atom is -0.481 e. The molecule has 0 bridgehead atoms. The number of nitrogens with zero attached hydrogens (tertiary/aromatic N) is 2. The number of rotatable bonds is 4. The normalized spacial score (nSPS) is 15.1. The Morgan fingerprint density at radius 2 is 2.06 bits per heavy atom. The van der Waals surface area contributed by atoms with E-state index in [0.29, 0.717) is 5.56 Å². The summed E-state index contributed by atoms with van der Waals surface area (Å²) >= 11 is 0. The molecular weight excluding hydrogens is 208 g/mol. The van der Waals surface area contributed by atoms with E-state index in [2.05, 4.69) is 5.10 Å². The van der Waals surface area contributed by atoms with E-state index in [1.165, 1.54) is 6.20 Å². The molecule has 0 aromatic carbocycles. The van der Waals surface area contributed by atoms with Crippen molar-refractivity contribution < 1.29 is 15.0 Å². The maximum atomic E-state index is 11.1. The molecule has 2 atom stereocenters. The monoisotopic (exact) mass is 226 g/mol. The van der Waals surface area contributed by atoms with Gasteiger partial charge in [-0.3, -0.25) is 9.48 Å². The molecule has 0 fully saturated rings. The molecule has 2 N–H and O–H groups in total. The lowest BCUT2D eigenvalue weighted by Gasteiger charge is -2.22. The lowest BCUT2D eigenvalue weighted by Crippen LogP contribution is -2.27. The number of carbonyl (C=O) groups is 1. The van der Waals surface area contributed by atoms with E-state index in [1.807, 2.05) is 6.92 Å². The molecular formula is C11H18N2O3. The van der Waals surface area contributed by atoms with Crippen LogP contribution in [0.4, 0.5) is 0 Å². The highest BCUT2D eigenvalue weighted by Gasteiger charge is 2.32. The summed E-state index contributed by atoms with van der Waals surface area (Å²) in [6.45, 7) is 5.38. The molecule has 5 nitrogen and oxygen atoms in total. The van der Waals surface area contributed by atoms with Gasteiger partial charge >= 0.3 is 5.97 Å². The molecule has 90 valence electrons. The molecule has 1 heterocycles. The van der Waals surface area contributed by atoms with Gasteiger partial charge in [0.1, 0.15) is 0 Å². The SMILES string of the molecule is Cc1c(C(O)C(C(=O)O)C(C)C)cnn1C. The molecule has 1 aromatic heterocycles. The number of carboxylic acids is 1. The third-order valence-electron chi connectivity index (χ3n) is 2.94. The van der Waals surface area contributed by atoms with Crippen molar-refractivity contribution in [2.75, 3.05) is 0 Å². The average Bonchev–Trinajstić information content (AvgIpc) is 2.46. The Kier molecular flexibility index (Phi) is 3.70. The van der Waals surface area contributed by atoms with Crippen LogP contribution in [-0.2, 0) is 11.8 Å². The number of aliphatic hydroxyl groups is 1. The standard InChI is InChI=1S/C11H18N2O3/c1-6(2)9(11(15)16)10(14)8-5-12-13(4)7(8)3/h5-6,9-10,14H,1-4H3,(H,15,16). The fourth-order valence-corrected chi connectivity index (χ4v) is 1.78. The second-order valence-electron chi connectivity index (χ2n) is 4.36. The largest absolute Gasteiger partial charge is 0.481 e. The van der Waals surface area contributed by atoms with Crippen LogP contribution in [0.25, 0.3) is 0 Å². The minimum atomic E-state index is -1.01. The maximum Gasteiger partial charge on any atom is 0.309 e. The smallest absolute Gasteiger partial charge is 0.309 e. The Morgan fingerprint density at radius 3 is 2.38 bits per heavy atom. The molecule has 2 unspecified atom stereocenters. The van der Waals surface area contributed by atoms with Gasteiger partial charge in [-0.2, -0.15) is 5.10 Å². The van der Waals surface area contributed by atoms with E-state index in [1.54, 1.807) is 25.6 Å². The molecule has 16 heavy (non-hydrogen) atoms. The van der Waals surface area contributed by atoms with Gasteiger partial charge in [0, 0.05) is 18.3 Å². The van der Waals surface area contributed by atoms with Crippen molar-refractivity contribution in [1.82, 2.24) is 9.78 Å². The fraction of sp³-hybridized carbons (Fsp3) is 0.636. The molecule has 0 aliphatic carbocycles. The predicted octanol–water partition coefficient (Wildman–Crippen LogP) is 1.12. The van der Waals surface area contributed by atoms with Crippen molar-refractivity contribution in [3.63, 3.8) is 0 Å². The van der Waals surface area contributed by atoms with E-state index < -0.39 is 18.0 Å². The number of aliphatic carboxylic acids is 1. The van der Waals surface area contributed by atoms with Gasteiger partial charge in [0.05, 0.1) is 18.2 Å². The molecule has 0 aliphatic heterocycles. The van der Waals surface area contributed by atoms with Crippen LogP contribution in [0, 0.1) is 18.8 Å². The number of aryl methyl sites for hydroxylation is 1. The zero-order chi connectivity index (χ0) is 12.5. The number of hydrogen-bond donors (Lipinski definition) is 2. The highest BCUT2D eigenvalue weighted by atomic mass is 16.4. The van der Waals surface area contributed by atoms with Crippen LogP contribution in [0.5, 0.6) is 0 Å². The van der Waals surface area contributed by atoms with Gasteiger partial charge in [-0.15, -0.1) is 0 Å². The second kappa shape index (κ2) is 4.65. The fourth-order valence-electron chi connectivity index (χ4n) is 1.78. The summed E-state index contributed by atoms with van der Waals surface area (Å²) in [5.41, 5.74) is 1.38. The van der Waals surface area contributed by atoms with E-state index in [9.17, 15) is 9.90 Å². The van der Waals surface area contributed by atoms with Gasteiger partial charge in [-0.05, 0) is 12.8 Å². The van der Waals surface area contributed by atoms with Crippen LogP contribution in [-0.4, -0.2) is 26.0 Å². The van der Waals surface area contributed by atoms with Crippen molar-refractivity contribution in [1.29, 1.82) is 0 Å². The first-order valence-electron chi connectivity index (χ1n) is 5.25. The maximum absolute atomic E-state index is 11.1. The van der Waals surface area contributed by atoms with Crippen molar-refractivity contribution in [3.05, 3.63) is 17.5 Å². The lowest BCUT2D eigenvalue weighted by atomic mass is 9.87. The Balaban J connectivity index is 3.04. The number of aromatic nitrogens is 2. The quantitative estimate of drug-likeness (QED) is 0.806. The number of hydrogen-bond acceptors (Lipinski definition) is 3. The Morgan fingerprint density at radius 1 is 1.50 bits per heavy atom. The van der Waals surface area contributed by atoms with Crippen molar-refractivity contribution in [3.8, 4) is 0 Å². The first kappa shape index (κ1) is 12.7. The van der Waals surface area contributed by atoms with E-state index in [-0.39, 0.29) is 5.92 Å². The zero-order valence-corrected chi connectivity index (χ0v) is 10.0. The van der Waals surface area contributed by atoms with Gasteiger partial charge < -0.3 is 10.2 Å². The molecule has 0 amide bonds. The van der Waals surface area contributed by atoms with Gasteiger partial charge in [0.2, 0.25) is 0 Å². The average molecular weight is 226 g/mol. The Bertz CT molecular complexity index is 385. The summed E-state index contributed by atoms with van der Waals surface area (Å²) in [7, 11) is 1.76. The molecule has 0 saturated heterocycles. The summed E-state index contributed by atoms with van der Waals surface area (Å²) < 4.78 is 1.62. The Labute approximate surface area is 94.7 Å². The summed E-state index contributed by atoms with van der Waals surface area (Å²) in [5.74, 6) is -1.92. The van der Waals surface area contributed by atoms with Crippen LogP contribution in [0.2, 0.25) is 0 Å². The van der Waals surface area contributed by atoms with Crippen molar-refractivity contribution in [2.45, 2.75) is 26.9 Å². The van der Waals surface area contributed by atoms with Crippen LogP contribution >= 0.6 is 0 Å². The summed E-state index contributed by atoms with van der Waals surface area (Å²) in [6.07, 6.45) is 0.518. The van der Waals surface area contributed by atoms with Gasteiger partial charge in [-0.25, -0.2) is 0 Å². The van der Waals surface area contributed by atoms with Gasteiger partial charge in [0.25, 0.3) is 0 Å². The zero-order valence-electron chi connectivity index (χ0n) is 10.0. The van der Waals surface area contributed by atoms with E-state index in [0.717, 1.165) is 5.69 Å². The first-order valence-corrected chi connectivity index (χ1v) is 5.25. The highest BCUT2D eigenvalue weighted by Crippen LogP contribution is 2.29. The minimum absolute atomic E-state index is 0.132. The molecule has 0 aliphatic rings. The van der Waals surface area contributed by atoms with Crippen LogP contribution < -0.4 is 0 Å². The molecule has 1 aromatic rings. The highest BCUT2D eigenvalue weighted by molar-refractivity contribution is 5.71. The van der Waals surface area contributed by atoms with E-state index >= 15 is 0 Å². The summed E-state index contributed by atoms with van der Waals surface area (Å²) in [4.78, 5) is 11.1. The predicted molar refractivity (Wildman–Crippen MR) is 58.9 cm³/mol. The Hall–Kier alpha value is -1.36. The lowest BCUT2D eigenvalue weighted by molar-refractivity contribution is -0.148. The number of carboxylic acid groups (broad SMARTS) is 1. The molecule has 0 spiro atoms. The molecule has 1 rings (SSSR count). The van der Waals surface area contributed by atoms with E-state index in [4.69, 9.17) is 5.11 Å². The van der Waals surface area contributed by atoms with Gasteiger partial charge in [0.15, 0.2) is 0 Å². The summed E-state index contributed by atoms with van der Waals surface area (Å²) in [5, 5.41) is 23.2. The molecule has 5 heteroatoms. The van der Waals surface area contributed by atoms with Crippen molar-refractivity contribution in [2.24, 2.45) is 18.9 Å². The second-order valence-corrected chi connectivity index (χ2v) is 4.36. The van der Waals surface area contributed by atoms with Crippen LogP contribution in [0.3, 0.4) is 0 Å². The molecule has 0 saturated carbocycles. The van der Waals surface area contributed by atoms with Crippen molar-refractivity contribution >= 4 is 5.97 Å². The third-order valence-corrected chi connectivity index (χ3v) is 2.94. The topological polar surface area (TPSA) is 75.3 Å². The number of aliphatic hydroxyl groups excluding tert-OH is 1. The van der Waals surface area contributed by atoms with Crippen LogP contribution in [0.15, 0.2) is 6.20 Å². The molecule has 0 radical (unpaired) electrons. The first-order chi connectivity index (χ1) is 7.36. The van der Waals surface area contributed by atoms with Crippen LogP contribution in [0.1, 0.15) is 31.2 Å². The van der Waals surface area contributed by atoms with Gasteiger partial charge in [-0.1, -0.05) is 13.8 Å².